The van der Waals surface area contributed by atoms with E-state index < -0.39 is 6.49 Å². The molecule has 0 saturated heterocycles. The zero-order chi connectivity index (χ0) is 9.19. The van der Waals surface area contributed by atoms with E-state index in [-0.39, 0.29) is 0 Å². The van der Waals surface area contributed by atoms with Gasteiger partial charge in [-0.3, -0.25) is 0 Å². The fourth-order valence-electron chi connectivity index (χ4n) is 0.931. The number of hydrogen-bond donors (Lipinski definition) is 0. The van der Waals surface area contributed by atoms with Crippen LogP contribution in [0.3, 0.4) is 0 Å². The molecule has 0 N–H and O–H groups in total. The molecule has 1 atom stereocenters. The molecule has 0 spiro atoms. The highest BCUT2D eigenvalue weighted by atomic mass is 35.7. The Bertz CT molecular complexity index is 319. The van der Waals surface area contributed by atoms with Crippen LogP contribution in [0.15, 0.2) is 24.3 Å². The Morgan fingerprint density at radius 1 is 1.42 bits per heavy atom. The molecular formula is C8H9Cl2OP. The summed E-state index contributed by atoms with van der Waals surface area (Å²) in [6.07, 6.45) is 0.355. The maximum absolute atomic E-state index is 11.2. The van der Waals surface area contributed by atoms with E-state index in [4.69, 9.17) is 22.8 Å². The average Bonchev–Trinajstić information content (AvgIpc) is 1.91. The second kappa shape index (κ2) is 3.83. The Morgan fingerprint density at radius 2 is 2.00 bits per heavy atom. The van der Waals surface area contributed by atoms with Crippen LogP contribution in [-0.2, 0) is 10.7 Å². The predicted molar refractivity (Wildman–Crippen MR) is 54.5 cm³/mol. The molecular weight excluding hydrogens is 214 g/mol. The molecule has 0 amide bonds. The van der Waals surface area contributed by atoms with Gasteiger partial charge in [-0.2, -0.15) is 0 Å². The van der Waals surface area contributed by atoms with E-state index in [9.17, 15) is 4.57 Å². The molecule has 0 aliphatic carbocycles. The van der Waals surface area contributed by atoms with Crippen LogP contribution < -0.4 is 0 Å². The summed E-state index contributed by atoms with van der Waals surface area (Å²) in [5.74, 6) is 0. The summed E-state index contributed by atoms with van der Waals surface area (Å²) in [4.78, 5) is 0. The van der Waals surface area contributed by atoms with Crippen LogP contribution in [0.25, 0.3) is 0 Å². The molecule has 0 aliphatic heterocycles. The lowest BCUT2D eigenvalue weighted by molar-refractivity contribution is 0.587. The van der Waals surface area contributed by atoms with Crippen LogP contribution in [0, 0.1) is 0 Å². The highest BCUT2D eigenvalue weighted by Crippen LogP contribution is 2.50. The van der Waals surface area contributed by atoms with Gasteiger partial charge in [-0.05, 0) is 11.6 Å². The SMILES string of the molecule is CP(=O)(Cl)Cc1ccccc1Cl. The Kier molecular flexibility index (Phi) is 3.22. The van der Waals surface area contributed by atoms with Gasteiger partial charge in [0.15, 0.2) is 6.49 Å². The van der Waals surface area contributed by atoms with Crippen molar-refractivity contribution in [2.75, 3.05) is 6.66 Å². The van der Waals surface area contributed by atoms with Crippen molar-refractivity contribution in [1.82, 2.24) is 0 Å². The maximum Gasteiger partial charge on any atom is 0.170 e. The van der Waals surface area contributed by atoms with Crippen molar-refractivity contribution in [2.45, 2.75) is 6.16 Å². The first-order chi connectivity index (χ1) is 5.49. The smallest absolute Gasteiger partial charge is 0.170 e. The van der Waals surface area contributed by atoms with Gasteiger partial charge in [0.05, 0.1) is 0 Å². The molecule has 0 saturated carbocycles. The summed E-state index contributed by atoms with van der Waals surface area (Å²) >= 11 is 11.5. The summed E-state index contributed by atoms with van der Waals surface area (Å²) < 4.78 is 11.2. The monoisotopic (exact) mass is 222 g/mol. The topological polar surface area (TPSA) is 17.1 Å². The van der Waals surface area contributed by atoms with Crippen molar-refractivity contribution >= 4 is 29.3 Å². The van der Waals surface area contributed by atoms with Crippen LogP contribution in [0.5, 0.6) is 0 Å². The van der Waals surface area contributed by atoms with Gasteiger partial charge in [0.1, 0.15) is 0 Å². The molecule has 66 valence electrons. The maximum atomic E-state index is 11.2. The van der Waals surface area contributed by atoms with E-state index in [1.807, 2.05) is 18.2 Å². The molecule has 12 heavy (non-hydrogen) atoms. The first-order valence-electron chi connectivity index (χ1n) is 3.48. The van der Waals surface area contributed by atoms with Crippen molar-refractivity contribution in [3.05, 3.63) is 34.9 Å². The molecule has 1 nitrogen and oxygen atoms in total. The molecule has 0 fully saturated rings. The fourth-order valence-corrected chi connectivity index (χ4v) is 2.50. The van der Waals surface area contributed by atoms with Crippen molar-refractivity contribution in [1.29, 1.82) is 0 Å². The fraction of sp³-hybridized carbons (Fsp3) is 0.250. The molecule has 1 rings (SSSR count). The zero-order valence-electron chi connectivity index (χ0n) is 6.63. The Morgan fingerprint density at radius 3 is 2.50 bits per heavy atom. The summed E-state index contributed by atoms with van der Waals surface area (Å²) in [6.45, 7) is -0.987. The Labute approximate surface area is 81.8 Å². The Hall–Kier alpha value is 0.0300. The first kappa shape index (κ1) is 10.1. The highest BCUT2D eigenvalue weighted by Gasteiger charge is 2.12. The van der Waals surface area contributed by atoms with Crippen LogP contribution in [0.2, 0.25) is 5.02 Å². The van der Waals surface area contributed by atoms with E-state index >= 15 is 0 Å². The molecule has 1 aromatic carbocycles. The Balaban J connectivity index is 2.90. The quantitative estimate of drug-likeness (QED) is 0.692. The van der Waals surface area contributed by atoms with E-state index in [1.54, 1.807) is 6.07 Å². The first-order valence-corrected chi connectivity index (χ1v) is 7.11. The normalized spacial score (nSPS) is 15.6. The molecule has 0 heterocycles. The number of halogens is 2. The largest absolute Gasteiger partial charge is 0.307 e. The second-order valence-electron chi connectivity index (χ2n) is 2.73. The predicted octanol–water partition coefficient (Wildman–Crippen LogP) is 3.99. The minimum absolute atomic E-state index is 0.355. The molecule has 0 aromatic heterocycles. The van der Waals surface area contributed by atoms with Gasteiger partial charge in [0, 0.05) is 17.8 Å². The van der Waals surface area contributed by atoms with Crippen LogP contribution in [-0.4, -0.2) is 6.66 Å². The van der Waals surface area contributed by atoms with E-state index in [2.05, 4.69) is 0 Å². The van der Waals surface area contributed by atoms with Gasteiger partial charge in [-0.15, -0.1) is 0 Å². The average molecular weight is 223 g/mol. The van der Waals surface area contributed by atoms with Gasteiger partial charge in [0.25, 0.3) is 0 Å². The third kappa shape index (κ3) is 3.18. The van der Waals surface area contributed by atoms with E-state index in [0.717, 1.165) is 5.56 Å². The van der Waals surface area contributed by atoms with Crippen molar-refractivity contribution in [3.63, 3.8) is 0 Å². The van der Waals surface area contributed by atoms with E-state index in [1.165, 1.54) is 6.66 Å². The standard InChI is InChI=1S/C8H9Cl2OP/c1-12(10,11)6-7-4-2-3-5-8(7)9/h2-5H,6H2,1H3. The zero-order valence-corrected chi connectivity index (χ0v) is 9.03. The van der Waals surface area contributed by atoms with E-state index in [0.29, 0.717) is 11.2 Å². The van der Waals surface area contributed by atoms with Gasteiger partial charge in [0.2, 0.25) is 0 Å². The number of benzene rings is 1. The molecule has 0 bridgehead atoms. The third-order valence-corrected chi connectivity index (χ3v) is 3.04. The lowest BCUT2D eigenvalue weighted by Gasteiger charge is -2.05. The third-order valence-electron chi connectivity index (χ3n) is 1.41. The lowest BCUT2D eigenvalue weighted by Crippen LogP contribution is -1.83. The van der Waals surface area contributed by atoms with Crippen LogP contribution >= 0.6 is 29.3 Å². The minimum Gasteiger partial charge on any atom is -0.307 e. The highest BCUT2D eigenvalue weighted by molar-refractivity contribution is 7.87. The molecule has 0 aliphatic rings. The van der Waals surface area contributed by atoms with Gasteiger partial charge in [-0.1, -0.05) is 41.0 Å². The molecule has 4 heteroatoms. The number of rotatable bonds is 2. The van der Waals surface area contributed by atoms with Gasteiger partial charge in [-0.25, -0.2) is 0 Å². The van der Waals surface area contributed by atoms with Crippen molar-refractivity contribution in [3.8, 4) is 0 Å². The van der Waals surface area contributed by atoms with Gasteiger partial charge < -0.3 is 4.57 Å². The molecule has 1 unspecified atom stereocenters. The molecule has 1 aromatic rings. The van der Waals surface area contributed by atoms with Crippen LogP contribution in [0.4, 0.5) is 0 Å². The summed E-state index contributed by atoms with van der Waals surface area (Å²) in [5.41, 5.74) is 0.847. The molecule has 0 radical (unpaired) electrons. The van der Waals surface area contributed by atoms with Crippen molar-refractivity contribution in [2.24, 2.45) is 0 Å². The van der Waals surface area contributed by atoms with Gasteiger partial charge >= 0.3 is 0 Å². The summed E-state index contributed by atoms with van der Waals surface area (Å²) in [7, 11) is 0. The minimum atomic E-state index is -2.53. The summed E-state index contributed by atoms with van der Waals surface area (Å²) in [6, 6.07) is 7.29. The van der Waals surface area contributed by atoms with Crippen LogP contribution in [0.1, 0.15) is 5.56 Å². The summed E-state index contributed by atoms with van der Waals surface area (Å²) in [5, 5.41) is 0.625. The second-order valence-corrected chi connectivity index (χ2v) is 7.57. The lowest BCUT2D eigenvalue weighted by atomic mass is 10.2. The van der Waals surface area contributed by atoms with Crippen molar-refractivity contribution < 1.29 is 4.57 Å². The number of hydrogen-bond acceptors (Lipinski definition) is 1.